The summed E-state index contributed by atoms with van der Waals surface area (Å²) in [4.78, 5) is 14.8. The highest BCUT2D eigenvalue weighted by molar-refractivity contribution is 9.10. The van der Waals surface area contributed by atoms with E-state index in [1.807, 2.05) is 0 Å². The third-order valence-corrected chi connectivity index (χ3v) is 2.41. The van der Waals surface area contributed by atoms with Crippen molar-refractivity contribution in [2.75, 3.05) is 14.2 Å². The molecule has 16 heavy (non-hydrogen) atoms. The Hall–Kier alpha value is -1.24. The van der Waals surface area contributed by atoms with Crippen LogP contribution in [0.2, 0.25) is 0 Å². The van der Waals surface area contributed by atoms with Gasteiger partial charge < -0.3 is 9.47 Å². The maximum Gasteiger partial charge on any atom is 0.360 e. The summed E-state index contributed by atoms with van der Waals surface area (Å²) in [5, 5.41) is 0. The molecule has 0 aliphatic heterocycles. The van der Waals surface area contributed by atoms with Gasteiger partial charge in [-0.25, -0.2) is 18.6 Å². The molecule has 0 aromatic carbocycles. The van der Waals surface area contributed by atoms with Gasteiger partial charge in [0.15, 0.2) is 11.4 Å². The molecule has 88 valence electrons. The summed E-state index contributed by atoms with van der Waals surface area (Å²) in [6.07, 6.45) is -2.79. The van der Waals surface area contributed by atoms with E-state index in [-0.39, 0.29) is 15.9 Å². The molecule has 0 aliphatic rings. The Morgan fingerprint density at radius 2 is 2.12 bits per heavy atom. The summed E-state index contributed by atoms with van der Waals surface area (Å²) in [5.41, 5.74) is -0.801. The van der Waals surface area contributed by atoms with Crippen LogP contribution in [0.15, 0.2) is 10.5 Å². The fraction of sp³-hybridized carbons (Fsp3) is 0.333. The molecule has 1 aromatic rings. The Balaban J connectivity index is 3.34. The molecule has 0 spiro atoms. The molecule has 0 saturated carbocycles. The zero-order valence-corrected chi connectivity index (χ0v) is 10.0. The molecule has 1 heterocycles. The third-order valence-electron chi connectivity index (χ3n) is 1.77. The second-order valence-electron chi connectivity index (χ2n) is 2.70. The Bertz CT molecular complexity index is 412. The summed E-state index contributed by atoms with van der Waals surface area (Å²) < 4.78 is 34.4. The number of carbonyl (C=O) groups is 1. The highest BCUT2D eigenvalue weighted by Gasteiger charge is 2.22. The lowest BCUT2D eigenvalue weighted by Crippen LogP contribution is -2.09. The number of nitrogens with zero attached hydrogens (tertiary/aromatic N) is 1. The fourth-order valence-corrected chi connectivity index (χ4v) is 1.51. The highest BCUT2D eigenvalue weighted by Crippen LogP contribution is 2.30. The van der Waals surface area contributed by atoms with Crippen molar-refractivity contribution in [2.24, 2.45) is 0 Å². The summed E-state index contributed by atoms with van der Waals surface area (Å²) in [7, 11) is 2.44. The molecular weight excluding hydrogens is 288 g/mol. The van der Waals surface area contributed by atoms with Gasteiger partial charge in [0.2, 0.25) is 0 Å². The summed E-state index contributed by atoms with van der Waals surface area (Å²) in [5.74, 6) is -0.755. The minimum absolute atomic E-state index is 0.0723. The number of esters is 1. The Morgan fingerprint density at radius 3 is 2.56 bits per heavy atom. The van der Waals surface area contributed by atoms with Crippen LogP contribution < -0.4 is 4.74 Å². The summed E-state index contributed by atoms with van der Waals surface area (Å²) in [6, 6.07) is 1.25. The van der Waals surface area contributed by atoms with Crippen LogP contribution in [0.3, 0.4) is 0 Å². The lowest BCUT2D eigenvalue weighted by molar-refractivity contribution is 0.0588. The average Bonchev–Trinajstić information content (AvgIpc) is 2.27. The zero-order valence-electron chi connectivity index (χ0n) is 8.46. The fourth-order valence-electron chi connectivity index (χ4n) is 1.04. The van der Waals surface area contributed by atoms with Crippen molar-refractivity contribution in [3.05, 3.63) is 21.9 Å². The van der Waals surface area contributed by atoms with Gasteiger partial charge in [-0.05, 0) is 22.0 Å². The number of pyridine rings is 1. The number of rotatable bonds is 3. The van der Waals surface area contributed by atoms with Crippen molar-refractivity contribution in [2.45, 2.75) is 6.43 Å². The molecule has 0 unspecified atom stereocenters. The van der Waals surface area contributed by atoms with Crippen molar-refractivity contribution in [3.63, 3.8) is 0 Å². The molecule has 7 heteroatoms. The van der Waals surface area contributed by atoms with E-state index < -0.39 is 18.1 Å². The SMILES string of the molecule is COC(=O)c1nc(C(F)F)c(Br)cc1OC. The average molecular weight is 296 g/mol. The van der Waals surface area contributed by atoms with Gasteiger partial charge in [0.25, 0.3) is 6.43 Å². The van der Waals surface area contributed by atoms with Gasteiger partial charge in [-0.2, -0.15) is 0 Å². The maximum atomic E-state index is 12.5. The molecule has 0 amide bonds. The van der Waals surface area contributed by atoms with E-state index in [4.69, 9.17) is 4.74 Å². The van der Waals surface area contributed by atoms with Crippen molar-refractivity contribution < 1.29 is 23.0 Å². The predicted molar refractivity (Wildman–Crippen MR) is 54.8 cm³/mol. The molecule has 0 N–H and O–H groups in total. The Labute approximate surface area is 98.7 Å². The van der Waals surface area contributed by atoms with Gasteiger partial charge in [-0.15, -0.1) is 0 Å². The van der Waals surface area contributed by atoms with Crippen molar-refractivity contribution >= 4 is 21.9 Å². The molecule has 0 bridgehead atoms. The first kappa shape index (κ1) is 12.8. The molecule has 1 rings (SSSR count). The molecule has 0 aliphatic carbocycles. The van der Waals surface area contributed by atoms with E-state index in [0.717, 1.165) is 7.11 Å². The largest absolute Gasteiger partial charge is 0.494 e. The van der Waals surface area contributed by atoms with Gasteiger partial charge in [0, 0.05) is 4.47 Å². The van der Waals surface area contributed by atoms with E-state index in [0.29, 0.717) is 0 Å². The van der Waals surface area contributed by atoms with Gasteiger partial charge in [0.1, 0.15) is 5.69 Å². The quantitative estimate of drug-likeness (QED) is 0.804. The molecule has 0 radical (unpaired) electrons. The van der Waals surface area contributed by atoms with Crippen LogP contribution in [0.4, 0.5) is 8.78 Å². The Morgan fingerprint density at radius 1 is 1.50 bits per heavy atom. The number of carbonyl (C=O) groups excluding carboxylic acids is 1. The molecule has 0 saturated heterocycles. The molecular formula is C9H8BrF2NO3. The van der Waals surface area contributed by atoms with E-state index in [2.05, 4.69) is 25.7 Å². The van der Waals surface area contributed by atoms with Gasteiger partial charge in [0.05, 0.1) is 14.2 Å². The molecule has 4 nitrogen and oxygen atoms in total. The lowest BCUT2D eigenvalue weighted by atomic mass is 10.2. The number of ether oxygens (including phenoxy) is 2. The second kappa shape index (κ2) is 5.20. The summed E-state index contributed by atoms with van der Waals surface area (Å²) in [6.45, 7) is 0. The first-order chi connectivity index (χ1) is 7.51. The van der Waals surface area contributed by atoms with E-state index in [1.54, 1.807) is 0 Å². The molecule has 1 aromatic heterocycles. The lowest BCUT2D eigenvalue weighted by Gasteiger charge is -2.09. The first-order valence-electron chi connectivity index (χ1n) is 4.12. The minimum atomic E-state index is -2.79. The number of aromatic nitrogens is 1. The minimum Gasteiger partial charge on any atom is -0.494 e. The topological polar surface area (TPSA) is 48.4 Å². The standard InChI is InChI=1S/C9H8BrF2NO3/c1-15-5-3-4(10)6(8(11)12)13-7(5)9(14)16-2/h3,8H,1-2H3. The predicted octanol–water partition coefficient (Wildman–Crippen LogP) is 2.58. The monoisotopic (exact) mass is 295 g/mol. The van der Waals surface area contributed by atoms with Crippen molar-refractivity contribution in [1.82, 2.24) is 4.98 Å². The third kappa shape index (κ3) is 2.46. The van der Waals surface area contributed by atoms with Gasteiger partial charge in [-0.3, -0.25) is 0 Å². The summed E-state index contributed by atoms with van der Waals surface area (Å²) >= 11 is 2.92. The van der Waals surface area contributed by atoms with Crippen LogP contribution in [0.5, 0.6) is 5.75 Å². The van der Waals surface area contributed by atoms with Gasteiger partial charge >= 0.3 is 5.97 Å². The van der Waals surface area contributed by atoms with Crippen molar-refractivity contribution in [3.8, 4) is 5.75 Å². The highest BCUT2D eigenvalue weighted by atomic mass is 79.9. The zero-order chi connectivity index (χ0) is 12.3. The second-order valence-corrected chi connectivity index (χ2v) is 3.55. The van der Waals surface area contributed by atoms with Crippen molar-refractivity contribution in [1.29, 1.82) is 0 Å². The van der Waals surface area contributed by atoms with Crippen LogP contribution in [0, 0.1) is 0 Å². The normalized spacial score (nSPS) is 10.4. The molecule has 0 fully saturated rings. The van der Waals surface area contributed by atoms with E-state index in [9.17, 15) is 13.6 Å². The Kier molecular flexibility index (Phi) is 4.17. The number of methoxy groups -OCH3 is 2. The van der Waals surface area contributed by atoms with E-state index in [1.165, 1.54) is 13.2 Å². The number of hydrogen-bond donors (Lipinski definition) is 0. The smallest absolute Gasteiger partial charge is 0.360 e. The van der Waals surface area contributed by atoms with Crippen LogP contribution in [0.25, 0.3) is 0 Å². The van der Waals surface area contributed by atoms with Crippen LogP contribution >= 0.6 is 15.9 Å². The van der Waals surface area contributed by atoms with Crippen LogP contribution in [0.1, 0.15) is 22.6 Å². The maximum absolute atomic E-state index is 12.5. The number of halogens is 3. The number of alkyl halides is 2. The first-order valence-corrected chi connectivity index (χ1v) is 4.91. The van der Waals surface area contributed by atoms with E-state index >= 15 is 0 Å². The van der Waals surface area contributed by atoms with Crippen LogP contribution in [-0.2, 0) is 4.74 Å². The van der Waals surface area contributed by atoms with Crippen LogP contribution in [-0.4, -0.2) is 25.2 Å². The number of hydrogen-bond acceptors (Lipinski definition) is 4. The van der Waals surface area contributed by atoms with Gasteiger partial charge in [-0.1, -0.05) is 0 Å². The molecule has 0 atom stereocenters.